The summed E-state index contributed by atoms with van der Waals surface area (Å²) in [7, 11) is 3.79. The first-order chi connectivity index (χ1) is 14.5. The van der Waals surface area contributed by atoms with E-state index in [1.165, 1.54) is 16.8 Å². The van der Waals surface area contributed by atoms with E-state index in [2.05, 4.69) is 49.0 Å². The van der Waals surface area contributed by atoms with Gasteiger partial charge in [0.25, 0.3) is 0 Å². The van der Waals surface area contributed by atoms with Crippen LogP contribution in [0, 0.1) is 28.6 Å². The van der Waals surface area contributed by atoms with Crippen molar-refractivity contribution < 1.29 is 9.53 Å². The van der Waals surface area contributed by atoms with Gasteiger partial charge in [0.05, 0.1) is 13.2 Å². The lowest BCUT2D eigenvalue weighted by Gasteiger charge is -2.19. The molecule has 1 aliphatic heterocycles. The van der Waals surface area contributed by atoms with Gasteiger partial charge < -0.3 is 14.2 Å². The maximum Gasteiger partial charge on any atom is 0.243 e. The van der Waals surface area contributed by atoms with Crippen LogP contribution in [0.2, 0.25) is 0 Å². The van der Waals surface area contributed by atoms with E-state index in [4.69, 9.17) is 4.74 Å². The highest BCUT2D eigenvalue weighted by Crippen LogP contribution is 2.47. The Labute approximate surface area is 179 Å². The third-order valence-electron chi connectivity index (χ3n) is 6.97. The predicted octanol–water partition coefficient (Wildman–Crippen LogP) is 4.42. The molecule has 0 bridgehead atoms. The zero-order chi connectivity index (χ0) is 21.3. The lowest BCUT2D eigenvalue weighted by atomic mass is 9.92. The van der Waals surface area contributed by atoms with Gasteiger partial charge in [0.15, 0.2) is 0 Å². The molecule has 1 aromatic heterocycles. The molecule has 5 heteroatoms. The molecule has 2 aliphatic rings. The molecule has 158 valence electrons. The number of rotatable bonds is 7. The second kappa shape index (κ2) is 8.18. The van der Waals surface area contributed by atoms with E-state index in [9.17, 15) is 10.1 Å². The van der Waals surface area contributed by atoms with Crippen LogP contribution in [0.15, 0.2) is 36.5 Å². The van der Waals surface area contributed by atoms with Crippen LogP contribution in [0.5, 0.6) is 5.75 Å². The molecule has 1 amide bonds. The largest absolute Gasteiger partial charge is 0.497 e. The molecule has 2 aromatic rings. The molecule has 1 aromatic carbocycles. The molecule has 1 saturated heterocycles. The molecule has 5 nitrogen and oxygen atoms in total. The van der Waals surface area contributed by atoms with Crippen LogP contribution >= 0.6 is 0 Å². The summed E-state index contributed by atoms with van der Waals surface area (Å²) in [5.74, 6) is 1.98. The van der Waals surface area contributed by atoms with Crippen molar-refractivity contribution in [2.24, 2.45) is 24.3 Å². The summed E-state index contributed by atoms with van der Waals surface area (Å²) in [6.45, 7) is 3.86. The topological polar surface area (TPSA) is 58.3 Å². The molecule has 0 spiro atoms. The van der Waals surface area contributed by atoms with Crippen LogP contribution in [0.25, 0.3) is 11.1 Å². The van der Waals surface area contributed by atoms with Gasteiger partial charge in [-0.05, 0) is 73.3 Å². The molecule has 2 unspecified atom stereocenters. The fourth-order valence-corrected chi connectivity index (χ4v) is 4.72. The first-order valence-corrected chi connectivity index (χ1v) is 11.0. The quantitative estimate of drug-likeness (QED) is 0.685. The zero-order valence-corrected chi connectivity index (χ0v) is 18.2. The number of hydrogen-bond donors (Lipinski definition) is 0. The Morgan fingerprint density at radius 2 is 1.97 bits per heavy atom. The van der Waals surface area contributed by atoms with Gasteiger partial charge in [-0.1, -0.05) is 19.1 Å². The van der Waals surface area contributed by atoms with Crippen molar-refractivity contribution in [2.75, 3.05) is 20.2 Å². The number of ether oxygens (including phenoxy) is 1. The van der Waals surface area contributed by atoms with Crippen LogP contribution in [-0.2, 0) is 18.3 Å². The normalized spacial score (nSPS) is 22.0. The first-order valence-electron chi connectivity index (χ1n) is 11.0. The number of aryl methyl sites for hydroxylation is 2. The van der Waals surface area contributed by atoms with Crippen molar-refractivity contribution >= 4 is 5.91 Å². The third kappa shape index (κ3) is 3.96. The average molecular weight is 406 g/mol. The maximum atomic E-state index is 12.7. The van der Waals surface area contributed by atoms with Crippen LogP contribution < -0.4 is 4.74 Å². The molecular formula is C25H31N3O2. The maximum absolute atomic E-state index is 12.7. The van der Waals surface area contributed by atoms with E-state index in [1.54, 1.807) is 7.11 Å². The summed E-state index contributed by atoms with van der Waals surface area (Å²) in [6.07, 6.45) is 6.93. The van der Waals surface area contributed by atoms with Crippen LogP contribution in [0.3, 0.4) is 0 Å². The molecule has 0 N–H and O–H groups in total. The molecular weight excluding hydrogens is 374 g/mol. The zero-order valence-electron chi connectivity index (χ0n) is 18.2. The lowest BCUT2D eigenvalue weighted by molar-refractivity contribution is -0.134. The van der Waals surface area contributed by atoms with Crippen molar-refractivity contribution in [3.8, 4) is 22.9 Å². The fraction of sp³-hybridized carbons (Fsp3) is 0.520. The minimum absolute atomic E-state index is 0.0749. The third-order valence-corrected chi connectivity index (χ3v) is 6.97. The summed E-state index contributed by atoms with van der Waals surface area (Å²) >= 11 is 0. The first kappa shape index (κ1) is 20.5. The van der Waals surface area contributed by atoms with Gasteiger partial charge in [0.2, 0.25) is 5.91 Å². The standard InChI is InChI=1S/C25H31N3O2/c1-18-14-28(24(29)25(17-26)11-12-25)16-20(18)5-4-6-22-13-21(15-27(22)2)19-7-9-23(30-3)10-8-19/h7-10,13,15,18,20H,4-6,11-12,14,16H2,1-3H3. The van der Waals surface area contributed by atoms with Crippen LogP contribution in [0.1, 0.15) is 38.3 Å². The Morgan fingerprint density at radius 1 is 1.23 bits per heavy atom. The number of carbonyl (C=O) groups excluding carboxylic acids is 1. The highest BCUT2D eigenvalue weighted by molar-refractivity contribution is 5.88. The molecule has 4 rings (SSSR count). The van der Waals surface area contributed by atoms with E-state index in [0.717, 1.165) is 50.9 Å². The minimum atomic E-state index is -0.685. The molecule has 0 radical (unpaired) electrons. The SMILES string of the molecule is COc1ccc(-c2cc(CCCC3CN(C(=O)C4(C#N)CC4)CC3C)n(C)c2)cc1. The molecule has 1 saturated carbocycles. The van der Waals surface area contributed by atoms with Gasteiger partial charge in [0.1, 0.15) is 11.2 Å². The second-order valence-corrected chi connectivity index (χ2v) is 9.09. The number of aromatic nitrogens is 1. The number of hydrogen-bond acceptors (Lipinski definition) is 3. The lowest BCUT2D eigenvalue weighted by Crippen LogP contribution is -2.35. The van der Waals surface area contributed by atoms with Crippen molar-refractivity contribution in [3.63, 3.8) is 0 Å². The number of amides is 1. The van der Waals surface area contributed by atoms with E-state index >= 15 is 0 Å². The molecule has 2 fully saturated rings. The highest BCUT2D eigenvalue weighted by Gasteiger charge is 2.53. The molecule has 1 aliphatic carbocycles. The highest BCUT2D eigenvalue weighted by atomic mass is 16.5. The number of nitriles is 1. The van der Waals surface area contributed by atoms with Crippen molar-refractivity contribution in [1.29, 1.82) is 5.26 Å². The van der Waals surface area contributed by atoms with Gasteiger partial charge in [-0.15, -0.1) is 0 Å². The summed E-state index contributed by atoms with van der Waals surface area (Å²) < 4.78 is 7.47. The summed E-state index contributed by atoms with van der Waals surface area (Å²) in [6, 6.07) is 12.7. The molecule has 2 heterocycles. The number of methoxy groups -OCH3 is 1. The second-order valence-electron chi connectivity index (χ2n) is 9.09. The van der Waals surface area contributed by atoms with Crippen molar-refractivity contribution in [2.45, 2.75) is 39.0 Å². The van der Waals surface area contributed by atoms with Crippen molar-refractivity contribution in [1.82, 2.24) is 9.47 Å². The van der Waals surface area contributed by atoms with E-state index in [0.29, 0.717) is 11.8 Å². The van der Waals surface area contributed by atoms with E-state index in [-0.39, 0.29) is 5.91 Å². The van der Waals surface area contributed by atoms with Gasteiger partial charge >= 0.3 is 0 Å². The average Bonchev–Trinajstić information content (AvgIpc) is 3.36. The Morgan fingerprint density at radius 3 is 2.60 bits per heavy atom. The van der Waals surface area contributed by atoms with Gasteiger partial charge in [-0.3, -0.25) is 4.79 Å². The number of nitrogens with zero attached hydrogens (tertiary/aromatic N) is 3. The van der Waals surface area contributed by atoms with Gasteiger partial charge in [-0.25, -0.2) is 0 Å². The summed E-state index contributed by atoms with van der Waals surface area (Å²) in [5, 5.41) is 9.32. The Kier molecular flexibility index (Phi) is 5.60. The monoisotopic (exact) mass is 405 g/mol. The number of benzene rings is 1. The number of carbonyl (C=O) groups is 1. The van der Waals surface area contributed by atoms with Gasteiger partial charge in [-0.2, -0.15) is 5.26 Å². The van der Waals surface area contributed by atoms with Crippen molar-refractivity contribution in [3.05, 3.63) is 42.2 Å². The summed E-state index contributed by atoms with van der Waals surface area (Å²) in [4.78, 5) is 14.6. The fourth-order valence-electron chi connectivity index (χ4n) is 4.72. The minimum Gasteiger partial charge on any atom is -0.497 e. The summed E-state index contributed by atoms with van der Waals surface area (Å²) in [5.41, 5.74) is 3.08. The smallest absolute Gasteiger partial charge is 0.243 e. The van der Waals surface area contributed by atoms with Crippen LogP contribution in [-0.4, -0.2) is 35.6 Å². The molecule has 30 heavy (non-hydrogen) atoms. The Bertz CT molecular complexity index is 950. The van der Waals surface area contributed by atoms with E-state index in [1.807, 2.05) is 17.0 Å². The van der Waals surface area contributed by atoms with E-state index < -0.39 is 5.41 Å². The Balaban J connectivity index is 1.32. The van der Waals surface area contributed by atoms with Crippen LogP contribution in [0.4, 0.5) is 0 Å². The predicted molar refractivity (Wildman–Crippen MR) is 117 cm³/mol. The number of likely N-dealkylation sites (tertiary alicyclic amines) is 1. The van der Waals surface area contributed by atoms with Gasteiger partial charge in [0, 0.05) is 32.0 Å². The Hall–Kier alpha value is -2.74. The molecule has 2 atom stereocenters.